The van der Waals surface area contributed by atoms with Gasteiger partial charge in [0.2, 0.25) is 5.91 Å². The number of rotatable bonds is 4. The van der Waals surface area contributed by atoms with Crippen LogP contribution in [-0.4, -0.2) is 47.0 Å². The molecule has 1 atom stereocenters. The first-order valence-corrected chi connectivity index (χ1v) is 5.57. The summed E-state index contributed by atoms with van der Waals surface area (Å²) in [5.41, 5.74) is 0.0157. The van der Waals surface area contributed by atoms with E-state index in [0.29, 0.717) is 0 Å². The second kappa shape index (κ2) is 5.68. The number of halogens is 1. The normalized spacial score (nSPS) is 11.8. The number of carboxylic acids is 1. The monoisotopic (exact) mass is 271 g/mol. The minimum atomic E-state index is -1.10. The third-order valence-corrected chi connectivity index (χ3v) is 2.41. The van der Waals surface area contributed by atoms with Gasteiger partial charge in [-0.1, -0.05) is 11.6 Å². The maximum Gasteiger partial charge on any atom is 0.335 e. The summed E-state index contributed by atoms with van der Waals surface area (Å²) < 4.78 is 0. The maximum atomic E-state index is 11.6. The molecule has 0 bridgehead atoms. The number of hydrogen-bond acceptors (Lipinski definition) is 4. The summed E-state index contributed by atoms with van der Waals surface area (Å²) in [6, 6.07) is 2.05. The molecule has 1 amide bonds. The van der Waals surface area contributed by atoms with Crippen molar-refractivity contribution in [2.75, 3.05) is 19.4 Å². The summed E-state index contributed by atoms with van der Waals surface area (Å²) in [4.78, 5) is 27.8. The van der Waals surface area contributed by atoms with Crippen LogP contribution in [0.25, 0.3) is 0 Å². The highest BCUT2D eigenvalue weighted by atomic mass is 35.5. The summed E-state index contributed by atoms with van der Waals surface area (Å²) in [6.45, 7) is 1.66. The largest absolute Gasteiger partial charge is 0.478 e. The van der Waals surface area contributed by atoms with E-state index in [1.807, 2.05) is 0 Å². The van der Waals surface area contributed by atoms with Crippen molar-refractivity contribution in [3.63, 3.8) is 0 Å². The fourth-order valence-electron chi connectivity index (χ4n) is 1.37. The summed E-state index contributed by atoms with van der Waals surface area (Å²) in [5, 5.41) is 11.7. The van der Waals surface area contributed by atoms with E-state index < -0.39 is 12.0 Å². The molecular weight excluding hydrogens is 258 g/mol. The molecule has 0 aromatic carbocycles. The highest BCUT2D eigenvalue weighted by Crippen LogP contribution is 2.15. The van der Waals surface area contributed by atoms with Crippen LogP contribution in [-0.2, 0) is 4.79 Å². The van der Waals surface area contributed by atoms with Crippen LogP contribution in [0.1, 0.15) is 17.3 Å². The molecule has 0 aliphatic carbocycles. The molecule has 6 nitrogen and oxygen atoms in total. The maximum absolute atomic E-state index is 11.6. The van der Waals surface area contributed by atoms with Gasteiger partial charge in [0.15, 0.2) is 0 Å². The molecule has 7 heteroatoms. The van der Waals surface area contributed by atoms with E-state index >= 15 is 0 Å². The number of anilines is 1. The van der Waals surface area contributed by atoms with Crippen LogP contribution in [0.2, 0.25) is 5.15 Å². The zero-order valence-corrected chi connectivity index (χ0v) is 11.0. The predicted octanol–water partition coefficient (Wildman–Crippen LogP) is 1.32. The summed E-state index contributed by atoms with van der Waals surface area (Å²) in [5.74, 6) is -0.995. The standard InChI is InChI=1S/C11H14ClN3O3/c1-6(10(16)15(2)3)13-9-5-7(11(17)18)4-8(12)14-9/h4-6H,1-3H3,(H,13,14)(H,17,18). The zero-order valence-electron chi connectivity index (χ0n) is 10.3. The molecular formula is C11H14ClN3O3. The molecule has 1 unspecified atom stereocenters. The van der Waals surface area contributed by atoms with Gasteiger partial charge in [0.25, 0.3) is 0 Å². The van der Waals surface area contributed by atoms with E-state index in [-0.39, 0.29) is 22.4 Å². The Bertz CT molecular complexity index is 477. The van der Waals surface area contributed by atoms with Gasteiger partial charge in [-0.15, -0.1) is 0 Å². The quantitative estimate of drug-likeness (QED) is 0.807. The Balaban J connectivity index is 2.91. The van der Waals surface area contributed by atoms with Gasteiger partial charge in [0, 0.05) is 14.1 Å². The average Bonchev–Trinajstić information content (AvgIpc) is 2.26. The Morgan fingerprint density at radius 1 is 1.44 bits per heavy atom. The molecule has 0 spiro atoms. The number of hydrogen-bond donors (Lipinski definition) is 2. The number of aromatic carboxylic acids is 1. The van der Waals surface area contributed by atoms with Crippen LogP contribution in [0.5, 0.6) is 0 Å². The third-order valence-electron chi connectivity index (χ3n) is 2.22. The molecule has 98 valence electrons. The van der Waals surface area contributed by atoms with Crippen LogP contribution >= 0.6 is 11.6 Å². The van der Waals surface area contributed by atoms with Gasteiger partial charge in [-0.05, 0) is 19.1 Å². The molecule has 0 saturated carbocycles. The van der Waals surface area contributed by atoms with Gasteiger partial charge >= 0.3 is 5.97 Å². The van der Waals surface area contributed by atoms with E-state index in [1.165, 1.54) is 17.0 Å². The average molecular weight is 272 g/mol. The van der Waals surface area contributed by atoms with Crippen LogP contribution in [0, 0.1) is 0 Å². The van der Waals surface area contributed by atoms with Crippen molar-refractivity contribution >= 4 is 29.3 Å². The van der Waals surface area contributed by atoms with Gasteiger partial charge in [-0.3, -0.25) is 4.79 Å². The van der Waals surface area contributed by atoms with Crippen LogP contribution in [0.3, 0.4) is 0 Å². The number of likely N-dealkylation sites (N-methyl/N-ethyl adjacent to an activating group) is 1. The fourth-order valence-corrected chi connectivity index (χ4v) is 1.57. The van der Waals surface area contributed by atoms with Crippen molar-refractivity contribution in [3.8, 4) is 0 Å². The van der Waals surface area contributed by atoms with Crippen LogP contribution in [0.4, 0.5) is 5.82 Å². The Morgan fingerprint density at radius 3 is 2.56 bits per heavy atom. The van der Waals surface area contributed by atoms with Crippen LogP contribution in [0.15, 0.2) is 12.1 Å². The number of nitrogens with zero attached hydrogens (tertiary/aromatic N) is 2. The number of carbonyl (C=O) groups excluding carboxylic acids is 1. The lowest BCUT2D eigenvalue weighted by Gasteiger charge is -2.18. The summed E-state index contributed by atoms with van der Waals surface area (Å²) in [7, 11) is 3.27. The van der Waals surface area contributed by atoms with Crippen LogP contribution < -0.4 is 5.32 Å². The van der Waals surface area contributed by atoms with Crippen molar-refractivity contribution in [2.24, 2.45) is 0 Å². The van der Waals surface area contributed by atoms with Gasteiger partial charge in [0.05, 0.1) is 5.56 Å². The van der Waals surface area contributed by atoms with Crippen molar-refractivity contribution in [1.29, 1.82) is 0 Å². The number of amides is 1. The number of nitrogens with one attached hydrogen (secondary N) is 1. The first kappa shape index (κ1) is 14.2. The molecule has 2 N–H and O–H groups in total. The molecule has 0 radical (unpaired) electrons. The second-order valence-electron chi connectivity index (χ2n) is 3.97. The first-order chi connectivity index (χ1) is 8.31. The van der Waals surface area contributed by atoms with Crippen molar-refractivity contribution < 1.29 is 14.7 Å². The molecule has 1 heterocycles. The second-order valence-corrected chi connectivity index (χ2v) is 4.35. The molecule has 0 aliphatic rings. The molecule has 0 aliphatic heterocycles. The van der Waals surface area contributed by atoms with E-state index in [4.69, 9.17) is 16.7 Å². The van der Waals surface area contributed by atoms with Gasteiger partial charge in [-0.2, -0.15) is 0 Å². The number of pyridine rings is 1. The van der Waals surface area contributed by atoms with E-state index in [1.54, 1.807) is 21.0 Å². The van der Waals surface area contributed by atoms with Gasteiger partial charge in [0.1, 0.15) is 17.0 Å². The SMILES string of the molecule is CC(Nc1cc(C(=O)O)cc(Cl)n1)C(=O)N(C)C. The molecule has 18 heavy (non-hydrogen) atoms. The highest BCUT2D eigenvalue weighted by molar-refractivity contribution is 6.29. The topological polar surface area (TPSA) is 82.5 Å². The van der Waals surface area contributed by atoms with Gasteiger partial charge in [-0.25, -0.2) is 9.78 Å². The third kappa shape index (κ3) is 3.59. The summed E-state index contributed by atoms with van der Waals surface area (Å²) in [6.07, 6.45) is 0. The zero-order chi connectivity index (χ0) is 13.9. The molecule has 0 saturated heterocycles. The van der Waals surface area contributed by atoms with E-state index in [9.17, 15) is 9.59 Å². The Kier molecular flexibility index (Phi) is 4.49. The van der Waals surface area contributed by atoms with Crippen molar-refractivity contribution in [3.05, 3.63) is 22.8 Å². The molecule has 1 aromatic rings. The van der Waals surface area contributed by atoms with Crippen molar-refractivity contribution in [2.45, 2.75) is 13.0 Å². The highest BCUT2D eigenvalue weighted by Gasteiger charge is 2.16. The minimum Gasteiger partial charge on any atom is -0.478 e. The Morgan fingerprint density at radius 2 is 2.06 bits per heavy atom. The number of carboxylic acid groups (broad SMARTS) is 1. The lowest BCUT2D eigenvalue weighted by atomic mass is 10.2. The Labute approximate surface area is 110 Å². The number of carbonyl (C=O) groups is 2. The minimum absolute atomic E-state index is 0.0157. The number of aromatic nitrogens is 1. The fraction of sp³-hybridized carbons (Fsp3) is 0.364. The predicted molar refractivity (Wildman–Crippen MR) is 68.0 cm³/mol. The summed E-state index contributed by atoms with van der Waals surface area (Å²) >= 11 is 5.71. The first-order valence-electron chi connectivity index (χ1n) is 5.20. The van der Waals surface area contributed by atoms with Gasteiger partial charge < -0.3 is 15.3 Å². The lowest BCUT2D eigenvalue weighted by Crippen LogP contribution is -2.36. The lowest BCUT2D eigenvalue weighted by molar-refractivity contribution is -0.129. The Hall–Kier alpha value is -1.82. The van der Waals surface area contributed by atoms with Crippen molar-refractivity contribution in [1.82, 2.24) is 9.88 Å². The molecule has 1 rings (SSSR count). The molecule has 0 fully saturated rings. The smallest absolute Gasteiger partial charge is 0.335 e. The molecule has 1 aromatic heterocycles. The van der Waals surface area contributed by atoms with E-state index in [2.05, 4.69) is 10.3 Å². The van der Waals surface area contributed by atoms with E-state index in [0.717, 1.165) is 0 Å².